The van der Waals surface area contributed by atoms with Gasteiger partial charge in [0.2, 0.25) is 6.79 Å². The molecule has 0 saturated carbocycles. The SMILES string of the molecule is COC(=O)c1c(NC(=O)NN=Cc2ccc3c(c2)OCO3)sc2c1CCCC2. The van der Waals surface area contributed by atoms with Crippen LogP contribution in [0.15, 0.2) is 23.3 Å². The van der Waals surface area contributed by atoms with Crippen LogP contribution in [0.1, 0.15) is 39.2 Å². The maximum Gasteiger partial charge on any atom is 0.341 e. The van der Waals surface area contributed by atoms with E-state index in [-0.39, 0.29) is 6.79 Å². The van der Waals surface area contributed by atoms with Crippen molar-refractivity contribution in [2.45, 2.75) is 25.7 Å². The van der Waals surface area contributed by atoms with Crippen molar-refractivity contribution in [3.8, 4) is 11.5 Å². The van der Waals surface area contributed by atoms with Gasteiger partial charge in [0.05, 0.1) is 18.9 Å². The van der Waals surface area contributed by atoms with Gasteiger partial charge in [-0.2, -0.15) is 5.10 Å². The number of thiophene rings is 1. The monoisotopic (exact) mass is 401 g/mol. The van der Waals surface area contributed by atoms with E-state index in [1.165, 1.54) is 24.7 Å². The third kappa shape index (κ3) is 3.65. The third-order valence-electron chi connectivity index (χ3n) is 4.56. The number of esters is 1. The molecule has 0 radical (unpaired) electrons. The second-order valence-corrected chi connectivity index (χ2v) is 7.45. The highest BCUT2D eigenvalue weighted by molar-refractivity contribution is 7.17. The lowest BCUT2D eigenvalue weighted by molar-refractivity contribution is 0.0601. The predicted molar refractivity (Wildman–Crippen MR) is 105 cm³/mol. The van der Waals surface area contributed by atoms with Crippen LogP contribution in [0, 0.1) is 0 Å². The summed E-state index contributed by atoms with van der Waals surface area (Å²) < 4.78 is 15.5. The number of aryl methyl sites for hydroxylation is 1. The van der Waals surface area contributed by atoms with Gasteiger partial charge in [-0.25, -0.2) is 15.0 Å². The third-order valence-corrected chi connectivity index (χ3v) is 5.77. The zero-order chi connectivity index (χ0) is 19.5. The van der Waals surface area contributed by atoms with Gasteiger partial charge >= 0.3 is 12.0 Å². The van der Waals surface area contributed by atoms with Gasteiger partial charge in [-0.1, -0.05) is 0 Å². The molecular weight excluding hydrogens is 382 g/mol. The Kier molecular flexibility index (Phi) is 5.16. The first-order chi connectivity index (χ1) is 13.7. The fourth-order valence-corrected chi connectivity index (χ4v) is 4.53. The van der Waals surface area contributed by atoms with Crippen LogP contribution in [0.2, 0.25) is 0 Å². The minimum atomic E-state index is -0.527. The molecule has 2 aliphatic rings. The van der Waals surface area contributed by atoms with E-state index >= 15 is 0 Å². The molecule has 1 aliphatic carbocycles. The highest BCUT2D eigenvalue weighted by atomic mass is 32.1. The Balaban J connectivity index is 1.44. The number of carbonyl (C=O) groups is 2. The van der Waals surface area contributed by atoms with Gasteiger partial charge in [-0.3, -0.25) is 5.32 Å². The van der Waals surface area contributed by atoms with E-state index in [4.69, 9.17) is 14.2 Å². The molecule has 2 heterocycles. The van der Waals surface area contributed by atoms with Crippen LogP contribution in [-0.2, 0) is 17.6 Å². The first-order valence-electron chi connectivity index (χ1n) is 8.88. The molecule has 2 amide bonds. The quantitative estimate of drug-likeness (QED) is 0.465. The van der Waals surface area contributed by atoms with Gasteiger partial charge in [0.15, 0.2) is 11.5 Å². The number of urea groups is 1. The van der Waals surface area contributed by atoms with Gasteiger partial charge < -0.3 is 14.2 Å². The lowest BCUT2D eigenvalue weighted by atomic mass is 9.95. The molecule has 8 nitrogen and oxygen atoms in total. The van der Waals surface area contributed by atoms with E-state index < -0.39 is 12.0 Å². The Bertz CT molecular complexity index is 953. The lowest BCUT2D eigenvalue weighted by Crippen LogP contribution is -2.24. The Hall–Kier alpha value is -3.07. The molecule has 2 N–H and O–H groups in total. The van der Waals surface area contributed by atoms with Crippen molar-refractivity contribution in [2.75, 3.05) is 19.2 Å². The number of fused-ring (bicyclic) bond motifs is 2. The second kappa shape index (κ2) is 7.89. The minimum absolute atomic E-state index is 0.198. The number of nitrogens with one attached hydrogen (secondary N) is 2. The molecule has 146 valence electrons. The number of methoxy groups -OCH3 is 1. The van der Waals surface area contributed by atoms with Crippen molar-refractivity contribution < 1.29 is 23.8 Å². The number of rotatable bonds is 4. The molecule has 28 heavy (non-hydrogen) atoms. The summed E-state index contributed by atoms with van der Waals surface area (Å²) in [6, 6.07) is 4.83. The van der Waals surface area contributed by atoms with Crippen molar-refractivity contribution in [3.63, 3.8) is 0 Å². The molecule has 0 unspecified atom stereocenters. The van der Waals surface area contributed by atoms with Crippen LogP contribution in [0.4, 0.5) is 9.80 Å². The van der Waals surface area contributed by atoms with Crippen molar-refractivity contribution in [1.29, 1.82) is 0 Å². The average Bonchev–Trinajstić information content (AvgIpc) is 3.30. The summed E-state index contributed by atoms with van der Waals surface area (Å²) in [6.45, 7) is 0.198. The average molecular weight is 401 g/mol. The summed E-state index contributed by atoms with van der Waals surface area (Å²) in [5.74, 6) is 0.888. The lowest BCUT2D eigenvalue weighted by Gasteiger charge is -2.11. The standard InChI is InChI=1S/C19H19N3O5S/c1-25-18(23)16-12-4-2-3-5-15(12)28-17(16)21-19(24)22-20-9-11-6-7-13-14(8-11)27-10-26-13/h6-9H,2-5,10H2,1H3,(H2,21,22,24). The first kappa shape index (κ1) is 18.3. The number of anilines is 1. The van der Waals surface area contributed by atoms with Crippen molar-refractivity contribution in [1.82, 2.24) is 5.43 Å². The van der Waals surface area contributed by atoms with Crippen LogP contribution < -0.4 is 20.2 Å². The van der Waals surface area contributed by atoms with E-state index in [1.807, 2.05) is 0 Å². The highest BCUT2D eigenvalue weighted by Gasteiger charge is 2.26. The number of nitrogens with zero attached hydrogens (tertiary/aromatic N) is 1. The van der Waals surface area contributed by atoms with E-state index in [0.29, 0.717) is 22.1 Å². The maximum atomic E-state index is 12.2. The number of amides is 2. The summed E-state index contributed by atoms with van der Waals surface area (Å²) in [5.41, 5.74) is 4.61. The summed E-state index contributed by atoms with van der Waals surface area (Å²) in [5, 5.41) is 7.16. The number of hydrogen-bond acceptors (Lipinski definition) is 7. The van der Waals surface area contributed by atoms with E-state index in [0.717, 1.165) is 41.7 Å². The topological polar surface area (TPSA) is 98.2 Å². The molecular formula is C19H19N3O5S. The van der Waals surface area contributed by atoms with E-state index in [9.17, 15) is 9.59 Å². The van der Waals surface area contributed by atoms with Crippen LogP contribution >= 0.6 is 11.3 Å². The number of ether oxygens (including phenoxy) is 3. The zero-order valence-corrected chi connectivity index (χ0v) is 16.1. The Morgan fingerprint density at radius 3 is 2.89 bits per heavy atom. The molecule has 0 spiro atoms. The number of hydrazone groups is 1. The molecule has 9 heteroatoms. The van der Waals surface area contributed by atoms with Crippen molar-refractivity contribution in [3.05, 3.63) is 39.8 Å². The number of benzene rings is 1. The smallest absolute Gasteiger partial charge is 0.341 e. The van der Waals surface area contributed by atoms with Crippen LogP contribution in [-0.4, -0.2) is 32.1 Å². The first-order valence-corrected chi connectivity index (χ1v) is 9.70. The fraction of sp³-hybridized carbons (Fsp3) is 0.316. The molecule has 1 aromatic heterocycles. The number of carbonyl (C=O) groups excluding carboxylic acids is 2. The van der Waals surface area contributed by atoms with Gasteiger partial charge in [0.1, 0.15) is 5.00 Å². The minimum Gasteiger partial charge on any atom is -0.465 e. The number of hydrogen-bond donors (Lipinski definition) is 2. The van der Waals surface area contributed by atoms with Crippen LogP contribution in [0.25, 0.3) is 0 Å². The Labute approximate surface area is 165 Å². The highest BCUT2D eigenvalue weighted by Crippen LogP contribution is 2.38. The summed E-state index contributed by atoms with van der Waals surface area (Å²) in [4.78, 5) is 25.6. The van der Waals surface area contributed by atoms with Gasteiger partial charge in [-0.15, -0.1) is 11.3 Å². The van der Waals surface area contributed by atoms with E-state index in [2.05, 4.69) is 15.8 Å². The van der Waals surface area contributed by atoms with Crippen molar-refractivity contribution >= 4 is 34.6 Å². The van der Waals surface area contributed by atoms with Crippen LogP contribution in [0.5, 0.6) is 11.5 Å². The molecule has 4 rings (SSSR count). The normalized spacial score (nSPS) is 14.6. The van der Waals surface area contributed by atoms with E-state index in [1.54, 1.807) is 18.2 Å². The molecule has 0 bridgehead atoms. The largest absolute Gasteiger partial charge is 0.465 e. The van der Waals surface area contributed by atoms with Crippen molar-refractivity contribution in [2.24, 2.45) is 5.10 Å². The Morgan fingerprint density at radius 1 is 1.21 bits per heavy atom. The summed E-state index contributed by atoms with van der Waals surface area (Å²) in [7, 11) is 1.34. The van der Waals surface area contributed by atoms with Gasteiger partial charge in [-0.05, 0) is 55.0 Å². The molecule has 0 atom stereocenters. The summed E-state index contributed by atoms with van der Waals surface area (Å²) >= 11 is 1.42. The van der Waals surface area contributed by atoms with Crippen LogP contribution in [0.3, 0.4) is 0 Å². The fourth-order valence-electron chi connectivity index (χ4n) is 3.26. The molecule has 0 fully saturated rings. The molecule has 1 aliphatic heterocycles. The molecule has 2 aromatic rings. The zero-order valence-electron chi connectivity index (χ0n) is 15.2. The molecule has 0 saturated heterocycles. The predicted octanol–water partition coefficient (Wildman–Crippen LogP) is 3.30. The Morgan fingerprint density at radius 2 is 2.04 bits per heavy atom. The second-order valence-electron chi connectivity index (χ2n) is 6.34. The van der Waals surface area contributed by atoms with Gasteiger partial charge in [0.25, 0.3) is 0 Å². The van der Waals surface area contributed by atoms with Gasteiger partial charge in [0, 0.05) is 4.88 Å². The maximum absolute atomic E-state index is 12.2. The summed E-state index contributed by atoms with van der Waals surface area (Å²) in [6.07, 6.45) is 5.35. The molecule has 1 aromatic carbocycles.